The average molecular weight is 292 g/mol. The van der Waals surface area contributed by atoms with Gasteiger partial charge in [0.2, 0.25) is 0 Å². The topological polar surface area (TPSA) is 117 Å². The molecule has 0 spiro atoms. The Morgan fingerprint density at radius 3 is 2.81 bits per heavy atom. The number of fused-ring (bicyclic) bond motifs is 1. The van der Waals surface area contributed by atoms with E-state index in [1.54, 1.807) is 22.9 Å². The molecule has 0 saturated heterocycles. The van der Waals surface area contributed by atoms with Crippen molar-refractivity contribution < 1.29 is 19.8 Å². The molecule has 0 fully saturated rings. The van der Waals surface area contributed by atoms with Gasteiger partial charge in [-0.2, -0.15) is 0 Å². The number of carbonyl (C=O) groups is 2. The molecule has 112 valence electrons. The van der Waals surface area contributed by atoms with Crippen molar-refractivity contribution in [2.75, 3.05) is 6.61 Å². The highest BCUT2D eigenvalue weighted by molar-refractivity contribution is 5.99. The van der Waals surface area contributed by atoms with E-state index >= 15 is 0 Å². The Kier molecular flexibility index (Phi) is 4.49. The summed E-state index contributed by atoms with van der Waals surface area (Å²) in [6.07, 6.45) is -0.0463. The molecule has 1 aromatic heterocycles. The van der Waals surface area contributed by atoms with Crippen LogP contribution in [0, 0.1) is 0 Å². The maximum absolute atomic E-state index is 12.0. The van der Waals surface area contributed by atoms with Crippen molar-refractivity contribution in [2.24, 2.45) is 0 Å². The molecule has 2 aromatic rings. The number of hydrogen-bond donors (Lipinski definition) is 3. The summed E-state index contributed by atoms with van der Waals surface area (Å²) in [5, 5.41) is 28.0. The van der Waals surface area contributed by atoms with Crippen LogP contribution in [0.15, 0.2) is 18.2 Å². The molecule has 0 bridgehead atoms. The minimum atomic E-state index is -1.18. The number of nitrogens with one attached hydrogen (secondary N) is 1. The summed E-state index contributed by atoms with van der Waals surface area (Å²) in [4.78, 5) is 23.0. The second-order valence-electron chi connectivity index (χ2n) is 4.49. The molecular formula is C13H16N4O4. The highest BCUT2D eigenvalue weighted by Crippen LogP contribution is 2.13. The van der Waals surface area contributed by atoms with E-state index in [4.69, 9.17) is 10.2 Å². The van der Waals surface area contributed by atoms with E-state index in [0.29, 0.717) is 17.6 Å². The van der Waals surface area contributed by atoms with Crippen molar-refractivity contribution in [1.29, 1.82) is 0 Å². The fourth-order valence-corrected chi connectivity index (χ4v) is 1.98. The van der Waals surface area contributed by atoms with Crippen LogP contribution in [0.4, 0.5) is 0 Å². The fraction of sp³-hybridized carbons (Fsp3) is 0.385. The van der Waals surface area contributed by atoms with E-state index in [1.165, 1.54) is 0 Å². The fourth-order valence-electron chi connectivity index (χ4n) is 1.98. The first-order valence-corrected chi connectivity index (χ1v) is 6.54. The predicted molar refractivity (Wildman–Crippen MR) is 73.8 cm³/mol. The minimum Gasteiger partial charge on any atom is -0.480 e. The summed E-state index contributed by atoms with van der Waals surface area (Å²) < 4.78 is 1.70. The molecule has 0 aliphatic heterocycles. The number of benzene rings is 1. The van der Waals surface area contributed by atoms with Gasteiger partial charge in [0.1, 0.15) is 11.6 Å². The van der Waals surface area contributed by atoms with E-state index in [1.807, 2.05) is 6.92 Å². The lowest BCUT2D eigenvalue weighted by atomic mass is 10.1. The smallest absolute Gasteiger partial charge is 0.326 e. The molecule has 0 saturated carbocycles. The lowest BCUT2D eigenvalue weighted by molar-refractivity contribution is -0.139. The number of aryl methyl sites for hydroxylation is 1. The highest BCUT2D eigenvalue weighted by Gasteiger charge is 2.20. The Balaban J connectivity index is 2.21. The van der Waals surface area contributed by atoms with Gasteiger partial charge in [0.25, 0.3) is 5.91 Å². The predicted octanol–water partition coefficient (Wildman–Crippen LogP) is 0.0166. The number of hydrogen-bond acceptors (Lipinski definition) is 5. The number of nitrogens with zero attached hydrogens (tertiary/aromatic N) is 3. The number of aliphatic hydroxyl groups is 1. The van der Waals surface area contributed by atoms with Crippen molar-refractivity contribution in [1.82, 2.24) is 20.3 Å². The first-order chi connectivity index (χ1) is 10.1. The van der Waals surface area contributed by atoms with Crippen LogP contribution < -0.4 is 5.32 Å². The van der Waals surface area contributed by atoms with Crippen LogP contribution in [-0.2, 0) is 11.3 Å². The third-order valence-electron chi connectivity index (χ3n) is 3.10. The zero-order valence-electron chi connectivity index (χ0n) is 11.5. The summed E-state index contributed by atoms with van der Waals surface area (Å²) in [5.74, 6) is -1.71. The zero-order valence-corrected chi connectivity index (χ0v) is 11.5. The maximum Gasteiger partial charge on any atom is 0.326 e. The number of carboxylic acids is 1. The molecule has 0 aliphatic carbocycles. The van der Waals surface area contributed by atoms with Crippen molar-refractivity contribution in [3.8, 4) is 0 Å². The molecule has 21 heavy (non-hydrogen) atoms. The summed E-state index contributed by atoms with van der Waals surface area (Å²) >= 11 is 0. The number of aromatic nitrogens is 3. The molecule has 8 nitrogen and oxygen atoms in total. The van der Waals surface area contributed by atoms with Crippen LogP contribution in [-0.4, -0.2) is 49.7 Å². The largest absolute Gasteiger partial charge is 0.480 e. The summed E-state index contributed by atoms with van der Waals surface area (Å²) in [6, 6.07) is 3.74. The van der Waals surface area contributed by atoms with E-state index in [-0.39, 0.29) is 13.0 Å². The molecule has 0 unspecified atom stereocenters. The minimum absolute atomic E-state index is 0.0463. The van der Waals surface area contributed by atoms with E-state index in [0.717, 1.165) is 5.52 Å². The van der Waals surface area contributed by atoms with Crippen molar-refractivity contribution in [3.05, 3.63) is 23.8 Å². The molecule has 2 rings (SSSR count). The van der Waals surface area contributed by atoms with Crippen molar-refractivity contribution in [2.45, 2.75) is 25.9 Å². The van der Waals surface area contributed by atoms with Gasteiger partial charge in [0, 0.05) is 25.1 Å². The Bertz CT molecular complexity index is 667. The lowest BCUT2D eigenvalue weighted by Gasteiger charge is -2.13. The van der Waals surface area contributed by atoms with Gasteiger partial charge in [-0.05, 0) is 25.1 Å². The second kappa shape index (κ2) is 6.31. The maximum atomic E-state index is 12.0. The Labute approximate surface area is 120 Å². The van der Waals surface area contributed by atoms with Gasteiger partial charge in [0.05, 0.1) is 5.52 Å². The monoisotopic (exact) mass is 292 g/mol. The number of carbonyl (C=O) groups excluding carboxylic acids is 1. The Morgan fingerprint density at radius 1 is 1.43 bits per heavy atom. The quantitative estimate of drug-likeness (QED) is 0.690. The van der Waals surface area contributed by atoms with E-state index in [9.17, 15) is 9.59 Å². The normalized spacial score (nSPS) is 12.3. The SMILES string of the molecule is CCn1nnc2cc(C(=O)N[C@@H](CCO)C(=O)O)ccc21. The lowest BCUT2D eigenvalue weighted by Crippen LogP contribution is -2.41. The van der Waals surface area contributed by atoms with Gasteiger partial charge < -0.3 is 15.5 Å². The second-order valence-corrected chi connectivity index (χ2v) is 4.49. The Hall–Kier alpha value is -2.48. The van der Waals surface area contributed by atoms with Crippen molar-refractivity contribution >= 4 is 22.9 Å². The number of carboxylic acid groups (broad SMARTS) is 1. The summed E-state index contributed by atoms with van der Waals surface area (Å²) in [5.41, 5.74) is 1.67. The van der Waals surface area contributed by atoms with Gasteiger partial charge in [-0.1, -0.05) is 5.21 Å². The molecule has 0 radical (unpaired) electrons. The third-order valence-corrected chi connectivity index (χ3v) is 3.10. The number of aliphatic carboxylic acids is 1. The zero-order chi connectivity index (χ0) is 15.4. The van der Waals surface area contributed by atoms with Crippen LogP contribution in [0.1, 0.15) is 23.7 Å². The number of amides is 1. The van der Waals surface area contributed by atoms with Crippen molar-refractivity contribution in [3.63, 3.8) is 0 Å². The van der Waals surface area contributed by atoms with Gasteiger partial charge in [0.15, 0.2) is 0 Å². The molecular weight excluding hydrogens is 276 g/mol. The molecule has 0 aliphatic rings. The van der Waals surface area contributed by atoms with Crippen LogP contribution >= 0.6 is 0 Å². The average Bonchev–Trinajstić information content (AvgIpc) is 2.88. The highest BCUT2D eigenvalue weighted by atomic mass is 16.4. The Morgan fingerprint density at radius 2 is 2.19 bits per heavy atom. The van der Waals surface area contributed by atoms with Crippen LogP contribution in [0.3, 0.4) is 0 Å². The molecule has 1 aromatic carbocycles. The molecule has 1 amide bonds. The van der Waals surface area contributed by atoms with Gasteiger partial charge in [-0.25, -0.2) is 9.48 Å². The standard InChI is InChI=1S/C13H16N4O4/c1-2-17-11-4-3-8(7-10(11)15-16-17)12(19)14-9(5-6-18)13(20)21/h3-4,7,9,18H,2,5-6H2,1H3,(H,14,19)(H,20,21)/t9-/m0/s1. The molecule has 1 heterocycles. The summed E-state index contributed by atoms with van der Waals surface area (Å²) in [6.45, 7) is 2.28. The number of rotatable bonds is 6. The van der Waals surface area contributed by atoms with E-state index < -0.39 is 17.9 Å². The summed E-state index contributed by atoms with van der Waals surface area (Å²) in [7, 11) is 0. The van der Waals surface area contributed by atoms with Gasteiger partial charge in [-0.15, -0.1) is 5.10 Å². The van der Waals surface area contributed by atoms with Crippen LogP contribution in [0.25, 0.3) is 11.0 Å². The van der Waals surface area contributed by atoms with Crippen LogP contribution in [0.2, 0.25) is 0 Å². The molecule has 1 atom stereocenters. The molecule has 3 N–H and O–H groups in total. The van der Waals surface area contributed by atoms with E-state index in [2.05, 4.69) is 15.6 Å². The van der Waals surface area contributed by atoms with Gasteiger partial charge >= 0.3 is 5.97 Å². The first-order valence-electron chi connectivity index (χ1n) is 6.54. The van der Waals surface area contributed by atoms with Gasteiger partial charge in [-0.3, -0.25) is 4.79 Å². The molecule has 8 heteroatoms. The third kappa shape index (κ3) is 3.16. The van der Waals surface area contributed by atoms with Crippen LogP contribution in [0.5, 0.6) is 0 Å². The first kappa shape index (κ1) is 14.9. The number of aliphatic hydroxyl groups excluding tert-OH is 1.